The van der Waals surface area contributed by atoms with Gasteiger partial charge < -0.3 is 14.0 Å². The predicted molar refractivity (Wildman–Crippen MR) is 79.0 cm³/mol. The number of imidazole rings is 1. The lowest BCUT2D eigenvalue weighted by Gasteiger charge is -2.07. The molecule has 0 aliphatic heterocycles. The molecule has 0 unspecified atom stereocenters. The molecule has 0 aliphatic rings. The van der Waals surface area contributed by atoms with Crippen molar-refractivity contribution in [3.05, 3.63) is 41.4 Å². The second-order valence-electron chi connectivity index (χ2n) is 4.37. The van der Waals surface area contributed by atoms with Crippen LogP contribution < -0.4 is 9.47 Å². The zero-order valence-electron chi connectivity index (χ0n) is 11.6. The number of hydrogen-bond acceptors (Lipinski definition) is 5. The molecular weight excluding hydrogens is 292 g/mol. The Labute approximate surface area is 126 Å². The fourth-order valence-corrected chi connectivity index (χ4v) is 2.21. The molecule has 0 N–H and O–H groups in total. The first-order chi connectivity index (χ1) is 10.2. The third kappa shape index (κ3) is 2.75. The van der Waals surface area contributed by atoms with E-state index < -0.39 is 0 Å². The van der Waals surface area contributed by atoms with Crippen LogP contribution in [0.5, 0.6) is 11.8 Å². The van der Waals surface area contributed by atoms with Crippen LogP contribution in [0.1, 0.15) is 5.82 Å². The normalized spacial score (nSPS) is 10.8. The van der Waals surface area contributed by atoms with Gasteiger partial charge in [0.05, 0.1) is 44.2 Å². The topological polar surface area (TPSA) is 62.1 Å². The number of methoxy groups -OCH3 is 2. The van der Waals surface area contributed by atoms with Crippen molar-refractivity contribution in [1.29, 1.82) is 0 Å². The van der Waals surface area contributed by atoms with E-state index in [-0.39, 0.29) is 0 Å². The third-order valence-corrected chi connectivity index (χ3v) is 3.27. The van der Waals surface area contributed by atoms with E-state index >= 15 is 0 Å². The summed E-state index contributed by atoms with van der Waals surface area (Å²) in [6.07, 6.45) is 1.73. The van der Waals surface area contributed by atoms with Crippen molar-refractivity contribution in [2.24, 2.45) is 0 Å². The molecule has 0 saturated carbocycles. The summed E-state index contributed by atoms with van der Waals surface area (Å²) < 4.78 is 12.2. The second-order valence-corrected chi connectivity index (χ2v) is 4.81. The standard InChI is InChI=1S/C14H13ClN4O2/c1-20-13-6-14(21-2)18-12(17-13)7-19-8-16-10-5-9(15)3-4-11(10)19/h3-6,8H,7H2,1-2H3. The Balaban J connectivity index is 1.98. The Hall–Kier alpha value is -2.34. The number of hydrogen-bond donors (Lipinski definition) is 0. The highest BCUT2D eigenvalue weighted by atomic mass is 35.5. The minimum absolute atomic E-state index is 0.462. The van der Waals surface area contributed by atoms with Crippen molar-refractivity contribution in [3.63, 3.8) is 0 Å². The van der Waals surface area contributed by atoms with Crippen molar-refractivity contribution < 1.29 is 9.47 Å². The van der Waals surface area contributed by atoms with Gasteiger partial charge >= 0.3 is 0 Å². The molecule has 1 aromatic carbocycles. The lowest BCUT2D eigenvalue weighted by atomic mass is 10.3. The fraction of sp³-hybridized carbons (Fsp3) is 0.214. The van der Waals surface area contributed by atoms with Crippen LogP contribution in [0.3, 0.4) is 0 Å². The first kappa shape index (κ1) is 13.6. The Morgan fingerprint density at radius 1 is 1.10 bits per heavy atom. The maximum atomic E-state index is 5.96. The van der Waals surface area contributed by atoms with E-state index in [1.165, 1.54) is 0 Å². The number of aromatic nitrogens is 4. The molecule has 0 fully saturated rings. The summed E-state index contributed by atoms with van der Waals surface area (Å²) >= 11 is 5.96. The number of benzene rings is 1. The van der Waals surface area contributed by atoms with Gasteiger partial charge in [-0.1, -0.05) is 11.6 Å². The van der Waals surface area contributed by atoms with Gasteiger partial charge in [-0.05, 0) is 18.2 Å². The van der Waals surface area contributed by atoms with Crippen LogP contribution in [0, 0.1) is 0 Å². The molecule has 108 valence electrons. The Bertz CT molecular complexity index is 765. The molecule has 3 rings (SSSR count). The molecule has 2 heterocycles. The Morgan fingerprint density at radius 3 is 2.48 bits per heavy atom. The smallest absolute Gasteiger partial charge is 0.220 e. The van der Waals surface area contributed by atoms with Gasteiger partial charge in [-0.2, -0.15) is 9.97 Å². The number of ether oxygens (including phenoxy) is 2. The molecular formula is C14H13ClN4O2. The molecule has 0 spiro atoms. The summed E-state index contributed by atoms with van der Waals surface area (Å²) in [6.45, 7) is 0.464. The van der Waals surface area contributed by atoms with Crippen molar-refractivity contribution >= 4 is 22.6 Å². The van der Waals surface area contributed by atoms with Crippen LogP contribution >= 0.6 is 11.6 Å². The van der Waals surface area contributed by atoms with Gasteiger partial charge in [0.2, 0.25) is 11.8 Å². The number of nitrogens with zero attached hydrogens (tertiary/aromatic N) is 4. The minimum atomic E-state index is 0.462. The van der Waals surface area contributed by atoms with Gasteiger partial charge in [0, 0.05) is 5.02 Å². The maximum absolute atomic E-state index is 5.96. The molecule has 0 radical (unpaired) electrons. The van der Waals surface area contributed by atoms with E-state index in [1.54, 1.807) is 26.6 Å². The minimum Gasteiger partial charge on any atom is -0.481 e. The highest BCUT2D eigenvalue weighted by molar-refractivity contribution is 6.31. The van der Waals surface area contributed by atoms with Gasteiger partial charge in [0.15, 0.2) is 5.82 Å². The van der Waals surface area contributed by atoms with Crippen LogP contribution in [0.2, 0.25) is 5.02 Å². The summed E-state index contributed by atoms with van der Waals surface area (Å²) in [4.78, 5) is 12.9. The Morgan fingerprint density at radius 2 is 1.81 bits per heavy atom. The van der Waals surface area contributed by atoms with Crippen LogP contribution in [-0.4, -0.2) is 33.7 Å². The summed E-state index contributed by atoms with van der Waals surface area (Å²) in [5, 5.41) is 0.659. The first-order valence-corrected chi connectivity index (χ1v) is 6.63. The molecule has 0 aliphatic carbocycles. The summed E-state index contributed by atoms with van der Waals surface area (Å²) in [6, 6.07) is 7.20. The fourth-order valence-electron chi connectivity index (χ4n) is 2.04. The molecule has 6 nitrogen and oxygen atoms in total. The average Bonchev–Trinajstić information content (AvgIpc) is 2.88. The van der Waals surface area contributed by atoms with Crippen LogP contribution in [-0.2, 0) is 6.54 Å². The number of halogens is 1. The molecule has 21 heavy (non-hydrogen) atoms. The monoisotopic (exact) mass is 304 g/mol. The molecule has 0 bridgehead atoms. The van der Waals surface area contributed by atoms with Gasteiger partial charge in [-0.15, -0.1) is 0 Å². The van der Waals surface area contributed by atoms with Gasteiger partial charge in [-0.25, -0.2) is 4.98 Å². The van der Waals surface area contributed by atoms with Crippen molar-refractivity contribution in [3.8, 4) is 11.8 Å². The predicted octanol–water partition coefficient (Wildman–Crippen LogP) is 2.55. The lowest BCUT2D eigenvalue weighted by Crippen LogP contribution is -2.05. The quantitative estimate of drug-likeness (QED) is 0.741. The largest absolute Gasteiger partial charge is 0.481 e. The molecule has 3 aromatic rings. The SMILES string of the molecule is COc1cc(OC)nc(Cn2cnc3cc(Cl)ccc32)n1. The molecule has 0 atom stereocenters. The maximum Gasteiger partial charge on any atom is 0.220 e. The van der Waals surface area contributed by atoms with Crippen LogP contribution in [0.4, 0.5) is 0 Å². The molecule has 0 saturated heterocycles. The van der Waals surface area contributed by atoms with Crippen molar-refractivity contribution in [2.75, 3.05) is 14.2 Å². The van der Waals surface area contributed by atoms with Crippen LogP contribution in [0.25, 0.3) is 11.0 Å². The highest BCUT2D eigenvalue weighted by Crippen LogP contribution is 2.20. The second kappa shape index (κ2) is 5.57. The lowest BCUT2D eigenvalue weighted by molar-refractivity contribution is 0.367. The summed E-state index contributed by atoms with van der Waals surface area (Å²) in [5.74, 6) is 1.51. The first-order valence-electron chi connectivity index (χ1n) is 6.26. The number of fused-ring (bicyclic) bond motifs is 1. The molecule has 2 aromatic heterocycles. The molecule has 7 heteroatoms. The van der Waals surface area contributed by atoms with E-state index in [2.05, 4.69) is 15.0 Å². The van der Waals surface area contributed by atoms with Gasteiger partial charge in [-0.3, -0.25) is 0 Å². The average molecular weight is 305 g/mol. The van der Waals surface area contributed by atoms with E-state index in [0.29, 0.717) is 29.2 Å². The highest BCUT2D eigenvalue weighted by Gasteiger charge is 2.09. The van der Waals surface area contributed by atoms with E-state index in [4.69, 9.17) is 21.1 Å². The van der Waals surface area contributed by atoms with Gasteiger partial charge in [0.1, 0.15) is 0 Å². The van der Waals surface area contributed by atoms with E-state index in [9.17, 15) is 0 Å². The van der Waals surface area contributed by atoms with Crippen molar-refractivity contribution in [2.45, 2.75) is 6.54 Å². The molecule has 0 amide bonds. The Kier molecular flexibility index (Phi) is 3.62. The van der Waals surface area contributed by atoms with E-state index in [1.807, 2.05) is 22.8 Å². The number of rotatable bonds is 4. The van der Waals surface area contributed by atoms with E-state index in [0.717, 1.165) is 11.0 Å². The summed E-state index contributed by atoms with van der Waals surface area (Å²) in [7, 11) is 3.11. The van der Waals surface area contributed by atoms with Gasteiger partial charge in [0.25, 0.3) is 0 Å². The zero-order chi connectivity index (χ0) is 14.8. The zero-order valence-corrected chi connectivity index (χ0v) is 12.3. The van der Waals surface area contributed by atoms with Crippen LogP contribution in [0.15, 0.2) is 30.6 Å². The summed E-state index contributed by atoms with van der Waals surface area (Å²) in [5.41, 5.74) is 1.79. The third-order valence-electron chi connectivity index (χ3n) is 3.04. The van der Waals surface area contributed by atoms with Crippen molar-refractivity contribution in [1.82, 2.24) is 19.5 Å².